The van der Waals surface area contributed by atoms with Gasteiger partial charge < -0.3 is 0 Å². The molecular weight excluding hydrogens is 230 g/mol. The minimum Gasteiger partial charge on any atom is -0.298 e. The summed E-state index contributed by atoms with van der Waals surface area (Å²) in [7, 11) is 0. The smallest absolute Gasteiger partial charge is 0.0236 e. The summed E-state index contributed by atoms with van der Waals surface area (Å²) in [6.45, 7) is 5.77. The molecule has 1 heteroatoms. The highest BCUT2D eigenvalue weighted by atomic mass is 15.1. The maximum absolute atomic E-state index is 2.58. The largest absolute Gasteiger partial charge is 0.298 e. The zero-order valence-electron chi connectivity index (χ0n) is 11.5. The molecule has 2 aromatic rings. The summed E-state index contributed by atoms with van der Waals surface area (Å²) < 4.78 is 0. The monoisotopic (exact) mass is 251 g/mol. The molecule has 0 radical (unpaired) electrons. The van der Waals surface area contributed by atoms with E-state index in [1.807, 2.05) is 0 Å². The zero-order chi connectivity index (χ0) is 13.1. The van der Waals surface area contributed by atoms with Crippen molar-refractivity contribution in [2.24, 2.45) is 0 Å². The summed E-state index contributed by atoms with van der Waals surface area (Å²) in [4.78, 5) is 2.58. The molecule has 1 atom stereocenters. The predicted molar refractivity (Wildman–Crippen MR) is 80.3 cm³/mol. The Balaban J connectivity index is 1.66. The van der Waals surface area contributed by atoms with Gasteiger partial charge in [-0.25, -0.2) is 0 Å². The van der Waals surface area contributed by atoms with Gasteiger partial charge in [0.15, 0.2) is 0 Å². The van der Waals surface area contributed by atoms with Crippen LogP contribution in [0.3, 0.4) is 0 Å². The SMILES string of the molecule is CC(CN1CCc2ccccc2C1)c1ccccc1. The second-order valence-electron chi connectivity index (χ2n) is 5.57. The lowest BCUT2D eigenvalue weighted by Crippen LogP contribution is -2.33. The summed E-state index contributed by atoms with van der Waals surface area (Å²) in [5.74, 6) is 0.603. The van der Waals surface area contributed by atoms with E-state index in [9.17, 15) is 0 Å². The molecule has 1 nitrogen and oxygen atoms in total. The Labute approximate surface area is 115 Å². The Kier molecular flexibility index (Phi) is 3.65. The topological polar surface area (TPSA) is 3.24 Å². The molecule has 3 rings (SSSR count). The van der Waals surface area contributed by atoms with Crippen molar-refractivity contribution < 1.29 is 0 Å². The van der Waals surface area contributed by atoms with Gasteiger partial charge in [0, 0.05) is 19.6 Å². The number of nitrogens with zero attached hydrogens (tertiary/aromatic N) is 1. The van der Waals surface area contributed by atoms with E-state index < -0.39 is 0 Å². The van der Waals surface area contributed by atoms with Gasteiger partial charge in [-0.2, -0.15) is 0 Å². The van der Waals surface area contributed by atoms with Crippen LogP contribution in [0.5, 0.6) is 0 Å². The summed E-state index contributed by atoms with van der Waals surface area (Å²) >= 11 is 0. The molecule has 1 unspecified atom stereocenters. The molecule has 19 heavy (non-hydrogen) atoms. The molecular formula is C18H21N. The maximum Gasteiger partial charge on any atom is 0.0236 e. The first-order chi connectivity index (χ1) is 9.33. The highest BCUT2D eigenvalue weighted by Gasteiger charge is 2.17. The van der Waals surface area contributed by atoms with Crippen LogP contribution in [-0.4, -0.2) is 18.0 Å². The van der Waals surface area contributed by atoms with Crippen molar-refractivity contribution in [3.63, 3.8) is 0 Å². The van der Waals surface area contributed by atoms with Gasteiger partial charge in [0.2, 0.25) is 0 Å². The van der Waals surface area contributed by atoms with Crippen LogP contribution in [0.4, 0.5) is 0 Å². The van der Waals surface area contributed by atoms with Crippen molar-refractivity contribution in [2.75, 3.05) is 13.1 Å². The first kappa shape index (κ1) is 12.4. The van der Waals surface area contributed by atoms with Gasteiger partial charge >= 0.3 is 0 Å². The Hall–Kier alpha value is -1.60. The summed E-state index contributed by atoms with van der Waals surface area (Å²) in [5, 5.41) is 0. The fourth-order valence-electron chi connectivity index (χ4n) is 2.98. The fourth-order valence-corrected chi connectivity index (χ4v) is 2.98. The standard InChI is InChI=1S/C18H21N/c1-15(16-7-3-2-4-8-16)13-19-12-11-17-9-5-6-10-18(17)14-19/h2-10,15H,11-14H2,1H3. The molecule has 1 heterocycles. The average Bonchev–Trinajstić information content (AvgIpc) is 2.48. The van der Waals surface area contributed by atoms with Crippen molar-refractivity contribution in [2.45, 2.75) is 25.8 Å². The average molecular weight is 251 g/mol. The van der Waals surface area contributed by atoms with Crippen LogP contribution in [0, 0.1) is 0 Å². The molecule has 0 saturated heterocycles. The van der Waals surface area contributed by atoms with Gasteiger partial charge in [0.25, 0.3) is 0 Å². The van der Waals surface area contributed by atoms with E-state index in [0.717, 1.165) is 13.1 Å². The van der Waals surface area contributed by atoms with Gasteiger partial charge in [-0.05, 0) is 29.0 Å². The molecule has 2 aromatic carbocycles. The highest BCUT2D eigenvalue weighted by Crippen LogP contribution is 2.22. The minimum atomic E-state index is 0.603. The molecule has 1 aliphatic heterocycles. The van der Waals surface area contributed by atoms with Crippen LogP contribution in [-0.2, 0) is 13.0 Å². The van der Waals surface area contributed by atoms with E-state index in [-0.39, 0.29) is 0 Å². The lowest BCUT2D eigenvalue weighted by molar-refractivity contribution is 0.242. The lowest BCUT2D eigenvalue weighted by Gasteiger charge is -2.31. The van der Waals surface area contributed by atoms with Crippen LogP contribution in [0.25, 0.3) is 0 Å². The molecule has 0 amide bonds. The molecule has 0 aliphatic carbocycles. The Morgan fingerprint density at radius 3 is 2.42 bits per heavy atom. The van der Waals surface area contributed by atoms with E-state index in [4.69, 9.17) is 0 Å². The van der Waals surface area contributed by atoms with Gasteiger partial charge in [0.05, 0.1) is 0 Å². The molecule has 0 aromatic heterocycles. The highest BCUT2D eigenvalue weighted by molar-refractivity contribution is 5.29. The van der Waals surface area contributed by atoms with Crippen molar-refractivity contribution in [1.29, 1.82) is 0 Å². The predicted octanol–water partition coefficient (Wildman–Crippen LogP) is 3.85. The molecule has 0 N–H and O–H groups in total. The van der Waals surface area contributed by atoms with Crippen LogP contribution in [0.15, 0.2) is 54.6 Å². The molecule has 98 valence electrons. The lowest BCUT2D eigenvalue weighted by atomic mass is 9.96. The zero-order valence-corrected chi connectivity index (χ0v) is 11.5. The van der Waals surface area contributed by atoms with Crippen LogP contribution >= 0.6 is 0 Å². The number of benzene rings is 2. The van der Waals surface area contributed by atoms with Crippen LogP contribution in [0.2, 0.25) is 0 Å². The molecule has 0 fully saturated rings. The van der Waals surface area contributed by atoms with Crippen molar-refractivity contribution in [3.8, 4) is 0 Å². The fraction of sp³-hybridized carbons (Fsp3) is 0.333. The van der Waals surface area contributed by atoms with Gasteiger partial charge in [-0.3, -0.25) is 4.90 Å². The van der Waals surface area contributed by atoms with Crippen molar-refractivity contribution in [3.05, 3.63) is 71.3 Å². The number of fused-ring (bicyclic) bond motifs is 1. The van der Waals surface area contributed by atoms with E-state index in [1.165, 1.54) is 29.7 Å². The van der Waals surface area contributed by atoms with E-state index in [0.29, 0.717) is 5.92 Å². The summed E-state index contributed by atoms with van der Waals surface area (Å²) in [6, 6.07) is 19.7. The number of hydrogen-bond donors (Lipinski definition) is 0. The van der Waals surface area contributed by atoms with Gasteiger partial charge in [-0.1, -0.05) is 61.5 Å². The maximum atomic E-state index is 2.58. The third-order valence-electron chi connectivity index (χ3n) is 4.11. The molecule has 1 aliphatic rings. The first-order valence-corrected chi connectivity index (χ1v) is 7.17. The summed E-state index contributed by atoms with van der Waals surface area (Å²) in [6.07, 6.45) is 1.19. The van der Waals surface area contributed by atoms with Crippen molar-refractivity contribution in [1.82, 2.24) is 4.90 Å². The van der Waals surface area contributed by atoms with E-state index in [1.54, 1.807) is 0 Å². The van der Waals surface area contributed by atoms with Crippen LogP contribution < -0.4 is 0 Å². The second-order valence-corrected chi connectivity index (χ2v) is 5.57. The van der Waals surface area contributed by atoms with Gasteiger partial charge in [0.1, 0.15) is 0 Å². The third-order valence-corrected chi connectivity index (χ3v) is 4.11. The molecule has 0 saturated carbocycles. The normalized spacial score (nSPS) is 16.9. The van der Waals surface area contributed by atoms with E-state index in [2.05, 4.69) is 66.4 Å². The van der Waals surface area contributed by atoms with Gasteiger partial charge in [-0.15, -0.1) is 0 Å². The summed E-state index contributed by atoms with van der Waals surface area (Å²) in [5.41, 5.74) is 4.49. The molecule has 0 spiro atoms. The first-order valence-electron chi connectivity index (χ1n) is 7.17. The Bertz CT molecular complexity index is 532. The number of rotatable bonds is 3. The number of hydrogen-bond acceptors (Lipinski definition) is 1. The Morgan fingerprint density at radius 1 is 0.947 bits per heavy atom. The third kappa shape index (κ3) is 2.87. The van der Waals surface area contributed by atoms with Crippen molar-refractivity contribution >= 4 is 0 Å². The Morgan fingerprint density at radius 2 is 1.63 bits per heavy atom. The van der Waals surface area contributed by atoms with Crippen LogP contribution in [0.1, 0.15) is 29.5 Å². The minimum absolute atomic E-state index is 0.603. The molecule has 0 bridgehead atoms. The quantitative estimate of drug-likeness (QED) is 0.801. The van der Waals surface area contributed by atoms with E-state index >= 15 is 0 Å². The second kappa shape index (κ2) is 5.58.